The molecule has 0 atom stereocenters. The Morgan fingerprint density at radius 3 is 2.57 bits per heavy atom. The van der Waals surface area contributed by atoms with Crippen LogP contribution in [0, 0.1) is 0 Å². The molecule has 0 saturated carbocycles. The van der Waals surface area contributed by atoms with Crippen molar-refractivity contribution in [2.75, 3.05) is 0 Å². The van der Waals surface area contributed by atoms with Gasteiger partial charge in [0.1, 0.15) is 6.61 Å². The smallest absolute Gasteiger partial charge is 0.339 e. The molecule has 0 bridgehead atoms. The zero-order chi connectivity index (χ0) is 14.7. The van der Waals surface area contributed by atoms with Crippen LogP contribution in [-0.4, -0.2) is 5.97 Å². The first-order chi connectivity index (χ1) is 10.2. The van der Waals surface area contributed by atoms with Crippen LogP contribution < -0.4 is 0 Å². The first kappa shape index (κ1) is 13.8. The van der Waals surface area contributed by atoms with E-state index in [1.807, 2.05) is 60.7 Å². The minimum atomic E-state index is -0.299. The number of benzene rings is 3. The molecule has 0 saturated heterocycles. The molecule has 0 radical (unpaired) electrons. The first-order valence-corrected chi connectivity index (χ1v) is 7.43. The monoisotopic (exact) mass is 340 g/mol. The molecule has 0 aromatic heterocycles. The molecular weight excluding hydrogens is 328 g/mol. The second kappa shape index (κ2) is 6.10. The summed E-state index contributed by atoms with van der Waals surface area (Å²) < 4.78 is 6.39. The third-order valence-electron chi connectivity index (χ3n) is 3.27. The van der Waals surface area contributed by atoms with Crippen LogP contribution in [0.25, 0.3) is 10.8 Å². The Hall–Kier alpha value is -2.13. The molecule has 3 aromatic rings. The molecule has 3 aromatic carbocycles. The average Bonchev–Trinajstić information content (AvgIpc) is 2.52. The van der Waals surface area contributed by atoms with Crippen molar-refractivity contribution in [3.05, 3.63) is 82.3 Å². The number of halogens is 1. The fourth-order valence-electron chi connectivity index (χ4n) is 2.26. The topological polar surface area (TPSA) is 26.3 Å². The quantitative estimate of drug-likeness (QED) is 0.630. The van der Waals surface area contributed by atoms with Crippen molar-refractivity contribution >= 4 is 32.7 Å². The van der Waals surface area contributed by atoms with E-state index < -0.39 is 0 Å². The molecule has 0 unspecified atom stereocenters. The zero-order valence-corrected chi connectivity index (χ0v) is 12.8. The largest absolute Gasteiger partial charge is 0.457 e. The molecule has 0 spiro atoms. The van der Waals surface area contributed by atoms with Crippen molar-refractivity contribution < 1.29 is 9.53 Å². The maximum atomic E-state index is 12.3. The van der Waals surface area contributed by atoms with Gasteiger partial charge in [-0.05, 0) is 34.5 Å². The van der Waals surface area contributed by atoms with Crippen molar-refractivity contribution in [3.8, 4) is 0 Å². The number of hydrogen-bond acceptors (Lipinski definition) is 2. The molecule has 0 heterocycles. The Balaban J connectivity index is 1.81. The summed E-state index contributed by atoms with van der Waals surface area (Å²) in [6.45, 7) is 0.265. The van der Waals surface area contributed by atoms with Crippen molar-refractivity contribution in [1.82, 2.24) is 0 Å². The Morgan fingerprint density at radius 1 is 0.952 bits per heavy atom. The highest BCUT2D eigenvalue weighted by atomic mass is 79.9. The lowest BCUT2D eigenvalue weighted by Gasteiger charge is -2.08. The number of rotatable bonds is 3. The maximum Gasteiger partial charge on any atom is 0.339 e. The van der Waals surface area contributed by atoms with Gasteiger partial charge in [0, 0.05) is 4.47 Å². The molecule has 2 nitrogen and oxygen atoms in total. The molecule has 0 aliphatic heterocycles. The molecule has 0 N–H and O–H groups in total. The highest BCUT2D eigenvalue weighted by Gasteiger charge is 2.11. The molecule has 0 aliphatic carbocycles. The predicted molar refractivity (Wildman–Crippen MR) is 87.2 cm³/mol. The molecule has 3 heteroatoms. The van der Waals surface area contributed by atoms with E-state index in [9.17, 15) is 4.79 Å². The van der Waals surface area contributed by atoms with Gasteiger partial charge in [0.15, 0.2) is 0 Å². The van der Waals surface area contributed by atoms with Crippen LogP contribution >= 0.6 is 15.9 Å². The van der Waals surface area contributed by atoms with Crippen LogP contribution in [0.5, 0.6) is 0 Å². The molecule has 0 amide bonds. The lowest BCUT2D eigenvalue weighted by Crippen LogP contribution is -2.05. The lowest BCUT2D eigenvalue weighted by molar-refractivity contribution is 0.0475. The van der Waals surface area contributed by atoms with Gasteiger partial charge in [0.05, 0.1) is 5.56 Å². The van der Waals surface area contributed by atoms with Gasteiger partial charge in [-0.15, -0.1) is 0 Å². The van der Waals surface area contributed by atoms with Crippen LogP contribution in [0.2, 0.25) is 0 Å². The summed E-state index contributed by atoms with van der Waals surface area (Å²) in [7, 11) is 0. The molecule has 0 aliphatic rings. The van der Waals surface area contributed by atoms with E-state index in [4.69, 9.17) is 4.74 Å². The van der Waals surface area contributed by atoms with E-state index in [-0.39, 0.29) is 12.6 Å². The Morgan fingerprint density at radius 2 is 1.71 bits per heavy atom. The summed E-state index contributed by atoms with van der Waals surface area (Å²) in [6.07, 6.45) is 0. The highest BCUT2D eigenvalue weighted by molar-refractivity contribution is 9.10. The van der Waals surface area contributed by atoms with Crippen LogP contribution in [0.15, 0.2) is 71.2 Å². The molecule has 104 valence electrons. The van der Waals surface area contributed by atoms with Gasteiger partial charge in [0.25, 0.3) is 0 Å². The molecule has 3 rings (SSSR count). The van der Waals surface area contributed by atoms with Gasteiger partial charge >= 0.3 is 5.97 Å². The first-order valence-electron chi connectivity index (χ1n) is 6.63. The van der Waals surface area contributed by atoms with Gasteiger partial charge in [0.2, 0.25) is 0 Å². The zero-order valence-electron chi connectivity index (χ0n) is 11.3. The second-order valence-corrected chi connectivity index (χ2v) is 5.65. The SMILES string of the molecule is O=C(OCc1cccc(Br)c1)c1cccc2ccccc12. The number of carbonyl (C=O) groups is 1. The summed E-state index contributed by atoms with van der Waals surface area (Å²) in [5.41, 5.74) is 1.56. The fraction of sp³-hybridized carbons (Fsp3) is 0.0556. The van der Waals surface area contributed by atoms with Gasteiger partial charge in [-0.1, -0.05) is 64.5 Å². The van der Waals surface area contributed by atoms with Crippen molar-refractivity contribution in [2.24, 2.45) is 0 Å². The minimum Gasteiger partial charge on any atom is -0.457 e. The van der Waals surface area contributed by atoms with Gasteiger partial charge in [-0.25, -0.2) is 4.79 Å². The van der Waals surface area contributed by atoms with Crippen molar-refractivity contribution in [2.45, 2.75) is 6.61 Å². The summed E-state index contributed by atoms with van der Waals surface area (Å²) in [5.74, 6) is -0.299. The fourth-order valence-corrected chi connectivity index (χ4v) is 2.70. The van der Waals surface area contributed by atoms with E-state index in [0.717, 1.165) is 20.8 Å². The van der Waals surface area contributed by atoms with Gasteiger partial charge < -0.3 is 4.74 Å². The molecule has 0 fully saturated rings. The van der Waals surface area contributed by atoms with Crippen LogP contribution in [0.4, 0.5) is 0 Å². The number of carbonyl (C=O) groups excluding carboxylic acids is 1. The van der Waals surface area contributed by atoms with E-state index >= 15 is 0 Å². The Kier molecular flexibility index (Phi) is 4.02. The van der Waals surface area contributed by atoms with Crippen LogP contribution in [0.1, 0.15) is 15.9 Å². The van der Waals surface area contributed by atoms with Crippen LogP contribution in [-0.2, 0) is 11.3 Å². The lowest BCUT2D eigenvalue weighted by atomic mass is 10.0. The van der Waals surface area contributed by atoms with E-state index in [1.165, 1.54) is 0 Å². The summed E-state index contributed by atoms with van der Waals surface area (Å²) in [6, 6.07) is 21.2. The number of fused-ring (bicyclic) bond motifs is 1. The third-order valence-corrected chi connectivity index (χ3v) is 3.76. The predicted octanol–water partition coefficient (Wildman–Crippen LogP) is 4.96. The number of hydrogen-bond donors (Lipinski definition) is 0. The average molecular weight is 341 g/mol. The van der Waals surface area contributed by atoms with Crippen LogP contribution in [0.3, 0.4) is 0 Å². The standard InChI is InChI=1S/C18H13BrO2/c19-15-8-3-5-13(11-15)12-21-18(20)17-10-4-7-14-6-1-2-9-16(14)17/h1-11H,12H2. The van der Waals surface area contributed by atoms with Crippen molar-refractivity contribution in [3.63, 3.8) is 0 Å². The molecule has 21 heavy (non-hydrogen) atoms. The summed E-state index contributed by atoms with van der Waals surface area (Å²) in [5, 5.41) is 1.95. The minimum absolute atomic E-state index is 0.265. The number of ether oxygens (including phenoxy) is 1. The number of esters is 1. The summed E-state index contributed by atoms with van der Waals surface area (Å²) in [4.78, 5) is 12.3. The third kappa shape index (κ3) is 3.14. The highest BCUT2D eigenvalue weighted by Crippen LogP contribution is 2.20. The van der Waals surface area contributed by atoms with E-state index in [2.05, 4.69) is 15.9 Å². The normalized spacial score (nSPS) is 10.5. The van der Waals surface area contributed by atoms with Gasteiger partial charge in [-0.2, -0.15) is 0 Å². The Bertz CT molecular complexity index is 791. The van der Waals surface area contributed by atoms with E-state index in [1.54, 1.807) is 6.07 Å². The maximum absolute atomic E-state index is 12.3. The second-order valence-electron chi connectivity index (χ2n) is 4.73. The summed E-state index contributed by atoms with van der Waals surface area (Å²) >= 11 is 3.41. The van der Waals surface area contributed by atoms with Gasteiger partial charge in [-0.3, -0.25) is 0 Å². The Labute approximate surface area is 131 Å². The van der Waals surface area contributed by atoms with E-state index in [0.29, 0.717) is 5.56 Å². The van der Waals surface area contributed by atoms with Crippen molar-refractivity contribution in [1.29, 1.82) is 0 Å². The molecular formula is C18H13BrO2.